The fraction of sp³-hybridized carbons (Fsp3) is 0.667. The van der Waals surface area contributed by atoms with Gasteiger partial charge in [0.2, 0.25) is 5.91 Å². The molecule has 2 aliphatic rings. The SMILES string of the molecule is CC(C)C[C@@H](C#N)NC(=O)[C@@H]1CCCC[C@@H]1NC(=O)c1ccc(OCCN2CCN(C)CC2)cc1. The van der Waals surface area contributed by atoms with Crippen LogP contribution in [0, 0.1) is 23.2 Å². The molecule has 1 aliphatic carbocycles. The highest BCUT2D eigenvalue weighted by molar-refractivity contribution is 5.95. The summed E-state index contributed by atoms with van der Waals surface area (Å²) in [5.74, 6) is 0.440. The quantitative estimate of drug-likeness (QED) is 0.531. The van der Waals surface area contributed by atoms with E-state index in [-0.39, 0.29) is 23.8 Å². The third-order valence-electron chi connectivity index (χ3n) is 6.99. The number of hydrogen-bond acceptors (Lipinski definition) is 6. The molecule has 192 valence electrons. The van der Waals surface area contributed by atoms with E-state index >= 15 is 0 Å². The van der Waals surface area contributed by atoms with E-state index in [0.717, 1.165) is 64.2 Å². The Morgan fingerprint density at radius 3 is 2.46 bits per heavy atom. The number of carbonyl (C=O) groups excluding carboxylic acids is 2. The van der Waals surface area contributed by atoms with Crippen molar-refractivity contribution in [1.29, 1.82) is 5.26 Å². The third-order valence-corrected chi connectivity index (χ3v) is 6.99. The maximum absolute atomic E-state index is 12.9. The van der Waals surface area contributed by atoms with Crippen LogP contribution in [0.15, 0.2) is 24.3 Å². The summed E-state index contributed by atoms with van der Waals surface area (Å²) in [5, 5.41) is 15.3. The Balaban J connectivity index is 1.49. The molecule has 1 saturated carbocycles. The first-order valence-corrected chi connectivity index (χ1v) is 13.0. The molecule has 0 aromatic heterocycles. The van der Waals surface area contributed by atoms with Crippen molar-refractivity contribution in [2.24, 2.45) is 11.8 Å². The van der Waals surface area contributed by atoms with Crippen molar-refractivity contribution in [3.05, 3.63) is 29.8 Å². The van der Waals surface area contributed by atoms with E-state index in [2.05, 4.69) is 33.6 Å². The lowest BCUT2D eigenvalue weighted by molar-refractivity contribution is -0.127. The van der Waals surface area contributed by atoms with Crippen LogP contribution in [0.3, 0.4) is 0 Å². The molecule has 0 bridgehead atoms. The summed E-state index contributed by atoms with van der Waals surface area (Å²) in [6.07, 6.45) is 4.03. The second-order valence-electron chi connectivity index (χ2n) is 10.3. The zero-order valence-electron chi connectivity index (χ0n) is 21.5. The zero-order chi connectivity index (χ0) is 25.2. The first kappa shape index (κ1) is 27.0. The van der Waals surface area contributed by atoms with Gasteiger partial charge in [-0.1, -0.05) is 26.7 Å². The lowest BCUT2D eigenvalue weighted by atomic mass is 9.83. The monoisotopic (exact) mass is 483 g/mol. The van der Waals surface area contributed by atoms with E-state index in [1.807, 2.05) is 26.0 Å². The van der Waals surface area contributed by atoms with Gasteiger partial charge in [0.05, 0.1) is 12.0 Å². The van der Waals surface area contributed by atoms with Crippen LogP contribution in [0.5, 0.6) is 5.75 Å². The minimum atomic E-state index is -0.496. The van der Waals surface area contributed by atoms with Crippen LogP contribution in [0.2, 0.25) is 0 Å². The molecule has 2 fully saturated rings. The molecule has 35 heavy (non-hydrogen) atoms. The third kappa shape index (κ3) is 8.52. The number of piperazine rings is 1. The number of nitriles is 1. The van der Waals surface area contributed by atoms with E-state index in [1.54, 1.807) is 12.1 Å². The summed E-state index contributed by atoms with van der Waals surface area (Å²) in [5.41, 5.74) is 0.552. The van der Waals surface area contributed by atoms with E-state index in [4.69, 9.17) is 4.74 Å². The number of benzene rings is 1. The summed E-state index contributed by atoms with van der Waals surface area (Å²) in [6, 6.07) is 8.66. The molecule has 1 aromatic carbocycles. The van der Waals surface area contributed by atoms with Crippen molar-refractivity contribution >= 4 is 11.8 Å². The largest absolute Gasteiger partial charge is 0.492 e. The van der Waals surface area contributed by atoms with Crippen LogP contribution in [-0.2, 0) is 4.79 Å². The molecule has 8 nitrogen and oxygen atoms in total. The molecule has 0 spiro atoms. The molecular weight excluding hydrogens is 442 g/mol. The van der Waals surface area contributed by atoms with E-state index in [9.17, 15) is 14.9 Å². The Hall–Kier alpha value is -2.63. The molecule has 1 saturated heterocycles. The summed E-state index contributed by atoms with van der Waals surface area (Å²) in [6.45, 7) is 9.88. The van der Waals surface area contributed by atoms with Gasteiger partial charge in [0, 0.05) is 44.3 Å². The number of likely N-dealkylation sites (N-methyl/N-ethyl adjacent to an activating group) is 1. The van der Waals surface area contributed by atoms with Gasteiger partial charge in [-0.25, -0.2) is 0 Å². The second-order valence-corrected chi connectivity index (χ2v) is 10.3. The molecule has 0 unspecified atom stereocenters. The van der Waals surface area contributed by atoms with Crippen LogP contribution >= 0.6 is 0 Å². The highest BCUT2D eigenvalue weighted by atomic mass is 16.5. The van der Waals surface area contributed by atoms with E-state index < -0.39 is 6.04 Å². The lowest BCUT2D eigenvalue weighted by Crippen LogP contribution is -2.50. The van der Waals surface area contributed by atoms with Crippen LogP contribution in [0.1, 0.15) is 56.3 Å². The standard InChI is InChI=1S/C27H41N5O3/c1-20(2)18-22(19-28)29-27(34)24-6-4-5-7-25(24)30-26(33)21-8-10-23(11-9-21)35-17-16-32-14-12-31(3)13-15-32/h8-11,20,22,24-25H,4-7,12-18H2,1-3H3,(H,29,34)(H,30,33)/t22-,24+,25-/m0/s1. The van der Waals surface area contributed by atoms with E-state index in [1.165, 1.54) is 0 Å². The minimum Gasteiger partial charge on any atom is -0.492 e. The molecule has 1 heterocycles. The van der Waals surface area contributed by atoms with Gasteiger partial charge in [-0.2, -0.15) is 5.26 Å². The predicted molar refractivity (Wildman–Crippen MR) is 136 cm³/mol. The van der Waals surface area contributed by atoms with Gasteiger partial charge in [-0.05, 0) is 56.5 Å². The van der Waals surface area contributed by atoms with Crippen molar-refractivity contribution in [3.63, 3.8) is 0 Å². The van der Waals surface area contributed by atoms with Gasteiger partial charge in [0.1, 0.15) is 18.4 Å². The first-order chi connectivity index (χ1) is 16.9. The molecule has 2 amide bonds. The van der Waals surface area contributed by atoms with Crippen molar-refractivity contribution < 1.29 is 14.3 Å². The van der Waals surface area contributed by atoms with Crippen LogP contribution < -0.4 is 15.4 Å². The van der Waals surface area contributed by atoms with Gasteiger partial charge < -0.3 is 20.3 Å². The number of carbonyl (C=O) groups is 2. The van der Waals surface area contributed by atoms with Crippen molar-refractivity contribution in [2.75, 3.05) is 46.4 Å². The minimum absolute atomic E-state index is 0.133. The molecule has 0 radical (unpaired) electrons. The Bertz CT molecular complexity index is 859. The fourth-order valence-corrected chi connectivity index (χ4v) is 4.83. The maximum Gasteiger partial charge on any atom is 0.251 e. The highest BCUT2D eigenvalue weighted by Crippen LogP contribution is 2.25. The molecule has 3 rings (SSSR count). The Kier molecular flexibility index (Phi) is 10.4. The number of nitrogens with zero attached hydrogens (tertiary/aromatic N) is 3. The molecular formula is C27H41N5O3. The normalized spacial score (nSPS) is 22.3. The Labute approximate surface area is 210 Å². The van der Waals surface area contributed by atoms with Gasteiger partial charge >= 0.3 is 0 Å². The topological polar surface area (TPSA) is 97.7 Å². The number of amides is 2. The zero-order valence-corrected chi connectivity index (χ0v) is 21.5. The Morgan fingerprint density at radius 2 is 1.80 bits per heavy atom. The first-order valence-electron chi connectivity index (χ1n) is 13.0. The molecule has 1 aliphatic heterocycles. The average molecular weight is 484 g/mol. The van der Waals surface area contributed by atoms with Gasteiger partial charge in [0.25, 0.3) is 5.91 Å². The van der Waals surface area contributed by atoms with Crippen molar-refractivity contribution in [3.8, 4) is 11.8 Å². The van der Waals surface area contributed by atoms with Crippen LogP contribution in [-0.4, -0.2) is 80.1 Å². The highest BCUT2D eigenvalue weighted by Gasteiger charge is 2.33. The van der Waals surface area contributed by atoms with Gasteiger partial charge in [0.15, 0.2) is 0 Å². The van der Waals surface area contributed by atoms with Crippen LogP contribution in [0.25, 0.3) is 0 Å². The lowest BCUT2D eigenvalue weighted by Gasteiger charge is -2.32. The van der Waals surface area contributed by atoms with E-state index in [0.29, 0.717) is 24.5 Å². The summed E-state index contributed by atoms with van der Waals surface area (Å²) in [7, 11) is 2.15. The number of nitrogens with one attached hydrogen (secondary N) is 2. The Morgan fingerprint density at radius 1 is 1.11 bits per heavy atom. The smallest absolute Gasteiger partial charge is 0.251 e. The predicted octanol–water partition coefficient (Wildman–Crippen LogP) is 2.66. The molecule has 2 N–H and O–H groups in total. The fourth-order valence-electron chi connectivity index (χ4n) is 4.83. The number of rotatable bonds is 10. The summed E-state index contributed by atoms with van der Waals surface area (Å²) in [4.78, 5) is 30.6. The maximum atomic E-state index is 12.9. The molecule has 3 atom stereocenters. The van der Waals surface area contributed by atoms with Crippen LogP contribution in [0.4, 0.5) is 0 Å². The van der Waals surface area contributed by atoms with Gasteiger partial charge in [-0.3, -0.25) is 14.5 Å². The molecule has 1 aromatic rings. The number of hydrogen-bond donors (Lipinski definition) is 2. The van der Waals surface area contributed by atoms with Crippen molar-refractivity contribution in [2.45, 2.75) is 58.0 Å². The number of ether oxygens (including phenoxy) is 1. The molecule has 8 heteroatoms. The van der Waals surface area contributed by atoms with Gasteiger partial charge in [-0.15, -0.1) is 0 Å². The second kappa shape index (κ2) is 13.5. The van der Waals surface area contributed by atoms with Crippen molar-refractivity contribution in [1.82, 2.24) is 20.4 Å². The summed E-state index contributed by atoms with van der Waals surface area (Å²) >= 11 is 0. The summed E-state index contributed by atoms with van der Waals surface area (Å²) < 4.78 is 5.88. The average Bonchev–Trinajstić information content (AvgIpc) is 2.85.